The maximum atomic E-state index is 11.4. The highest BCUT2D eigenvalue weighted by molar-refractivity contribution is 7.09. The number of ether oxygens (including phenoxy) is 1. The molecular weight excluding hydrogens is 260 g/mol. The molecule has 0 aliphatic rings. The highest BCUT2D eigenvalue weighted by Gasteiger charge is 2.19. The van der Waals surface area contributed by atoms with Crippen molar-refractivity contribution in [3.05, 3.63) is 52.2 Å². The molecule has 2 aromatic rings. The van der Waals surface area contributed by atoms with E-state index in [1.165, 1.54) is 0 Å². The predicted molar refractivity (Wildman–Crippen MR) is 75.8 cm³/mol. The Balaban J connectivity index is 2.09. The van der Waals surface area contributed by atoms with Gasteiger partial charge < -0.3 is 9.84 Å². The summed E-state index contributed by atoms with van der Waals surface area (Å²) in [6.45, 7) is 0. The molecule has 1 aromatic carbocycles. The van der Waals surface area contributed by atoms with Crippen LogP contribution in [0.15, 0.2) is 41.8 Å². The summed E-state index contributed by atoms with van der Waals surface area (Å²) in [6.07, 6.45) is 1.09. The molecule has 100 valence electrons. The van der Waals surface area contributed by atoms with Crippen LogP contribution in [0.3, 0.4) is 0 Å². The van der Waals surface area contributed by atoms with Crippen LogP contribution in [0.2, 0.25) is 0 Å². The SMILES string of the molecule is COc1cccc(CC(Cc2cccs2)C(=O)O)c1. The van der Waals surface area contributed by atoms with Gasteiger partial charge in [-0.25, -0.2) is 0 Å². The molecule has 0 amide bonds. The Morgan fingerprint density at radius 3 is 2.79 bits per heavy atom. The van der Waals surface area contributed by atoms with Gasteiger partial charge in [-0.2, -0.15) is 0 Å². The molecule has 0 aliphatic carbocycles. The number of rotatable bonds is 6. The lowest BCUT2D eigenvalue weighted by atomic mass is 9.95. The minimum absolute atomic E-state index is 0.397. The van der Waals surface area contributed by atoms with Crippen LogP contribution >= 0.6 is 11.3 Å². The second kappa shape index (κ2) is 6.38. The highest BCUT2D eigenvalue weighted by atomic mass is 32.1. The van der Waals surface area contributed by atoms with Crippen molar-refractivity contribution in [3.63, 3.8) is 0 Å². The number of benzene rings is 1. The van der Waals surface area contributed by atoms with Gasteiger partial charge in [0.05, 0.1) is 13.0 Å². The molecule has 1 N–H and O–H groups in total. The Bertz CT molecular complexity index is 534. The van der Waals surface area contributed by atoms with Crippen molar-refractivity contribution >= 4 is 17.3 Å². The van der Waals surface area contributed by atoms with Crippen LogP contribution in [0.25, 0.3) is 0 Å². The third-order valence-electron chi connectivity index (χ3n) is 2.99. The first-order valence-electron chi connectivity index (χ1n) is 6.07. The lowest BCUT2D eigenvalue weighted by molar-refractivity contribution is -0.141. The summed E-state index contributed by atoms with van der Waals surface area (Å²) in [5.74, 6) is -0.389. The summed E-state index contributed by atoms with van der Waals surface area (Å²) in [7, 11) is 1.61. The lowest BCUT2D eigenvalue weighted by Crippen LogP contribution is -2.18. The van der Waals surface area contributed by atoms with Crippen LogP contribution in [0, 0.1) is 5.92 Å². The average molecular weight is 276 g/mol. The second-order valence-corrected chi connectivity index (χ2v) is 5.41. The fourth-order valence-corrected chi connectivity index (χ4v) is 2.79. The molecule has 4 heteroatoms. The molecule has 0 radical (unpaired) electrons. The molecule has 0 saturated carbocycles. The van der Waals surface area contributed by atoms with Gasteiger partial charge >= 0.3 is 5.97 Å². The van der Waals surface area contributed by atoms with Crippen LogP contribution in [0.1, 0.15) is 10.4 Å². The summed E-state index contributed by atoms with van der Waals surface area (Å²) in [4.78, 5) is 12.5. The first kappa shape index (κ1) is 13.6. The summed E-state index contributed by atoms with van der Waals surface area (Å²) < 4.78 is 5.16. The minimum Gasteiger partial charge on any atom is -0.497 e. The van der Waals surface area contributed by atoms with E-state index in [-0.39, 0.29) is 0 Å². The predicted octanol–water partition coefficient (Wildman–Crippen LogP) is 3.24. The second-order valence-electron chi connectivity index (χ2n) is 4.37. The Labute approximate surface area is 116 Å². The van der Waals surface area contributed by atoms with Crippen molar-refractivity contribution in [2.45, 2.75) is 12.8 Å². The number of hydrogen-bond acceptors (Lipinski definition) is 3. The number of carboxylic acid groups (broad SMARTS) is 1. The number of hydrogen-bond donors (Lipinski definition) is 1. The van der Waals surface area contributed by atoms with E-state index in [4.69, 9.17) is 4.74 Å². The van der Waals surface area contributed by atoms with Crippen LogP contribution in [0.5, 0.6) is 5.75 Å². The van der Waals surface area contributed by atoms with E-state index in [0.717, 1.165) is 16.2 Å². The molecule has 1 unspecified atom stereocenters. The molecule has 0 bridgehead atoms. The van der Waals surface area contributed by atoms with Gasteiger partial charge in [0.1, 0.15) is 5.75 Å². The monoisotopic (exact) mass is 276 g/mol. The standard InChI is InChI=1S/C15H16O3S/c1-18-13-5-2-4-11(9-13)8-12(15(16)17)10-14-6-3-7-19-14/h2-7,9,12H,8,10H2,1H3,(H,16,17). The fourth-order valence-electron chi connectivity index (χ4n) is 2.00. The minimum atomic E-state index is -0.754. The van der Waals surface area contributed by atoms with Gasteiger partial charge in [-0.1, -0.05) is 18.2 Å². The molecule has 1 atom stereocenters. The third-order valence-corrected chi connectivity index (χ3v) is 3.89. The molecule has 0 aliphatic heterocycles. The van der Waals surface area contributed by atoms with Crippen molar-refractivity contribution in [1.82, 2.24) is 0 Å². The first-order valence-corrected chi connectivity index (χ1v) is 6.95. The van der Waals surface area contributed by atoms with E-state index < -0.39 is 11.9 Å². The maximum absolute atomic E-state index is 11.4. The number of methoxy groups -OCH3 is 1. The van der Waals surface area contributed by atoms with Gasteiger partial charge in [-0.15, -0.1) is 11.3 Å². The van der Waals surface area contributed by atoms with Gasteiger partial charge in [0, 0.05) is 4.88 Å². The molecule has 1 aromatic heterocycles. The van der Waals surface area contributed by atoms with Crippen LogP contribution in [0.4, 0.5) is 0 Å². The molecule has 0 fully saturated rings. The fraction of sp³-hybridized carbons (Fsp3) is 0.267. The van der Waals surface area contributed by atoms with Gasteiger partial charge in [-0.05, 0) is 42.0 Å². The molecule has 19 heavy (non-hydrogen) atoms. The molecular formula is C15H16O3S. The molecule has 1 heterocycles. The number of carboxylic acids is 1. The van der Waals surface area contributed by atoms with Crippen molar-refractivity contribution in [2.75, 3.05) is 7.11 Å². The largest absolute Gasteiger partial charge is 0.497 e. The summed E-state index contributed by atoms with van der Waals surface area (Å²) in [5.41, 5.74) is 0.989. The summed E-state index contributed by atoms with van der Waals surface area (Å²) in [6, 6.07) is 11.5. The summed E-state index contributed by atoms with van der Waals surface area (Å²) in [5, 5.41) is 11.3. The zero-order valence-electron chi connectivity index (χ0n) is 10.7. The molecule has 0 spiro atoms. The quantitative estimate of drug-likeness (QED) is 0.881. The average Bonchev–Trinajstić information content (AvgIpc) is 2.91. The van der Waals surface area contributed by atoms with Crippen LogP contribution < -0.4 is 4.74 Å². The normalized spacial score (nSPS) is 12.1. The zero-order valence-corrected chi connectivity index (χ0v) is 11.5. The summed E-state index contributed by atoms with van der Waals surface area (Å²) >= 11 is 1.60. The van der Waals surface area contributed by atoms with Gasteiger partial charge in [0.2, 0.25) is 0 Å². The zero-order chi connectivity index (χ0) is 13.7. The van der Waals surface area contributed by atoms with Gasteiger partial charge in [0.25, 0.3) is 0 Å². The maximum Gasteiger partial charge on any atom is 0.307 e. The van der Waals surface area contributed by atoms with E-state index in [2.05, 4.69) is 0 Å². The Kier molecular flexibility index (Phi) is 4.58. The topological polar surface area (TPSA) is 46.5 Å². The number of carbonyl (C=O) groups is 1. The van der Waals surface area contributed by atoms with Crippen molar-refractivity contribution in [2.24, 2.45) is 5.92 Å². The Morgan fingerprint density at radius 2 is 2.16 bits per heavy atom. The Morgan fingerprint density at radius 1 is 1.32 bits per heavy atom. The van der Waals surface area contributed by atoms with Crippen LogP contribution in [-0.4, -0.2) is 18.2 Å². The number of aliphatic carboxylic acids is 1. The van der Waals surface area contributed by atoms with E-state index in [1.54, 1.807) is 18.4 Å². The van der Waals surface area contributed by atoms with Crippen molar-refractivity contribution in [1.29, 1.82) is 0 Å². The van der Waals surface area contributed by atoms with E-state index in [9.17, 15) is 9.90 Å². The van der Waals surface area contributed by atoms with Crippen molar-refractivity contribution in [3.8, 4) is 5.75 Å². The highest BCUT2D eigenvalue weighted by Crippen LogP contribution is 2.21. The first-order chi connectivity index (χ1) is 9.19. The van der Waals surface area contributed by atoms with Crippen molar-refractivity contribution < 1.29 is 14.6 Å². The van der Waals surface area contributed by atoms with Gasteiger partial charge in [-0.3, -0.25) is 4.79 Å². The smallest absolute Gasteiger partial charge is 0.307 e. The van der Waals surface area contributed by atoms with E-state index in [1.807, 2.05) is 41.8 Å². The van der Waals surface area contributed by atoms with E-state index >= 15 is 0 Å². The van der Waals surface area contributed by atoms with Crippen LogP contribution in [-0.2, 0) is 17.6 Å². The van der Waals surface area contributed by atoms with E-state index in [0.29, 0.717) is 12.8 Å². The Hall–Kier alpha value is -1.81. The third kappa shape index (κ3) is 3.83. The molecule has 2 rings (SSSR count). The van der Waals surface area contributed by atoms with Gasteiger partial charge in [0.15, 0.2) is 0 Å². The molecule has 3 nitrogen and oxygen atoms in total. The number of thiophene rings is 1. The molecule has 0 saturated heterocycles. The lowest BCUT2D eigenvalue weighted by Gasteiger charge is -2.12.